The number of ether oxygens (including phenoxy) is 1. The number of nitrogens with one attached hydrogen (secondary N) is 3. The molecule has 29 heavy (non-hydrogen) atoms. The van der Waals surface area contributed by atoms with Crippen LogP contribution in [0, 0.1) is 12.7 Å². The van der Waals surface area contributed by atoms with Gasteiger partial charge in [-0.05, 0) is 56.7 Å². The molecular weight excluding hydrogens is 373 g/mol. The number of hydrogen-bond donors (Lipinski definition) is 3. The Bertz CT molecular complexity index is 794. The van der Waals surface area contributed by atoms with Crippen molar-refractivity contribution in [2.75, 3.05) is 25.0 Å². The summed E-state index contributed by atoms with van der Waals surface area (Å²) in [5.74, 6) is 1.30. The number of aliphatic imine (C=N–C) groups is 1. The third-order valence-corrected chi connectivity index (χ3v) is 3.82. The molecule has 0 aliphatic heterocycles. The number of aryl methyl sites for hydroxylation is 1. The Labute approximate surface area is 170 Å². The molecule has 0 aliphatic carbocycles. The van der Waals surface area contributed by atoms with Gasteiger partial charge in [-0.25, -0.2) is 14.4 Å². The largest absolute Gasteiger partial charge is 0.489 e. The average Bonchev–Trinajstić information content (AvgIpc) is 2.69. The monoisotopic (exact) mass is 401 g/mol. The molecule has 0 bridgehead atoms. The molecule has 0 aliphatic rings. The molecule has 7 nitrogen and oxygen atoms in total. The lowest BCUT2D eigenvalue weighted by molar-refractivity contribution is -0.116. The van der Waals surface area contributed by atoms with Gasteiger partial charge in [0.25, 0.3) is 0 Å². The number of aromatic nitrogens is 1. The number of carbonyl (C=O) groups excluding carboxylic acids is 1. The van der Waals surface area contributed by atoms with Crippen LogP contribution in [-0.4, -0.2) is 42.6 Å². The Morgan fingerprint density at radius 3 is 2.62 bits per heavy atom. The van der Waals surface area contributed by atoms with Crippen molar-refractivity contribution >= 4 is 17.7 Å². The van der Waals surface area contributed by atoms with E-state index in [2.05, 4.69) is 25.9 Å². The number of pyridine rings is 1. The summed E-state index contributed by atoms with van der Waals surface area (Å²) in [6.07, 6.45) is 1.80. The highest BCUT2D eigenvalue weighted by Gasteiger charge is 2.07. The standard InChI is InChI=1S/C21H28FN5O2/c1-4-23-21(26-14-16(3)29-18-8-6-17(22)7-9-18)24-12-11-20(28)27-19-10-5-15(2)13-25-19/h5-10,13,16H,4,11-12,14H2,1-3H3,(H2,23,24,26)(H,25,27,28). The van der Waals surface area contributed by atoms with E-state index in [1.54, 1.807) is 24.4 Å². The highest BCUT2D eigenvalue weighted by atomic mass is 19.1. The smallest absolute Gasteiger partial charge is 0.227 e. The maximum atomic E-state index is 13.0. The van der Waals surface area contributed by atoms with Crippen molar-refractivity contribution in [1.82, 2.24) is 15.6 Å². The predicted octanol–water partition coefficient (Wildman–Crippen LogP) is 2.88. The molecule has 2 rings (SSSR count). The zero-order valence-electron chi connectivity index (χ0n) is 17.0. The van der Waals surface area contributed by atoms with Gasteiger partial charge in [0.2, 0.25) is 5.91 Å². The third kappa shape index (κ3) is 8.59. The molecule has 1 unspecified atom stereocenters. The maximum absolute atomic E-state index is 13.0. The molecule has 1 aromatic heterocycles. The van der Waals surface area contributed by atoms with Gasteiger partial charge < -0.3 is 20.7 Å². The normalized spacial score (nSPS) is 12.2. The van der Waals surface area contributed by atoms with Crippen molar-refractivity contribution in [2.45, 2.75) is 33.3 Å². The summed E-state index contributed by atoms with van der Waals surface area (Å²) in [6.45, 7) is 7.32. The van der Waals surface area contributed by atoms with Crippen LogP contribution in [0.2, 0.25) is 0 Å². The van der Waals surface area contributed by atoms with Crippen molar-refractivity contribution in [2.24, 2.45) is 4.99 Å². The van der Waals surface area contributed by atoms with Crippen LogP contribution in [0.5, 0.6) is 5.75 Å². The van der Waals surface area contributed by atoms with Crippen molar-refractivity contribution in [3.8, 4) is 5.75 Å². The second kappa shape index (κ2) is 11.6. The number of rotatable bonds is 9. The van der Waals surface area contributed by atoms with Crippen molar-refractivity contribution in [1.29, 1.82) is 0 Å². The predicted molar refractivity (Wildman–Crippen MR) is 113 cm³/mol. The minimum atomic E-state index is -0.302. The molecule has 0 radical (unpaired) electrons. The van der Waals surface area contributed by atoms with Gasteiger partial charge in [0.15, 0.2) is 5.96 Å². The first kappa shape index (κ1) is 22.1. The fourth-order valence-electron chi connectivity index (χ4n) is 2.39. The van der Waals surface area contributed by atoms with Crippen molar-refractivity contribution in [3.05, 3.63) is 54.0 Å². The first-order valence-electron chi connectivity index (χ1n) is 9.63. The van der Waals surface area contributed by atoms with Crippen LogP contribution < -0.4 is 20.7 Å². The Morgan fingerprint density at radius 1 is 1.21 bits per heavy atom. The number of amides is 1. The average molecular weight is 401 g/mol. The second-order valence-electron chi connectivity index (χ2n) is 6.55. The minimum Gasteiger partial charge on any atom is -0.489 e. The molecule has 1 atom stereocenters. The summed E-state index contributed by atoms with van der Waals surface area (Å²) in [7, 11) is 0. The summed E-state index contributed by atoms with van der Waals surface area (Å²) in [5, 5.41) is 9.01. The van der Waals surface area contributed by atoms with Crippen LogP contribution >= 0.6 is 0 Å². The molecule has 3 N–H and O–H groups in total. The number of hydrogen-bond acceptors (Lipinski definition) is 4. The number of halogens is 1. The van der Waals surface area contributed by atoms with E-state index in [-0.39, 0.29) is 24.2 Å². The van der Waals surface area contributed by atoms with E-state index in [1.165, 1.54) is 12.1 Å². The Kier molecular flexibility index (Phi) is 8.88. The molecule has 1 aromatic carbocycles. The van der Waals surface area contributed by atoms with E-state index < -0.39 is 0 Å². The SMILES string of the molecule is CCNC(=NCC(C)Oc1ccc(F)cc1)NCCC(=O)Nc1ccc(C)cn1. The lowest BCUT2D eigenvalue weighted by Crippen LogP contribution is -2.39. The third-order valence-electron chi connectivity index (χ3n) is 3.82. The molecule has 0 saturated carbocycles. The zero-order valence-corrected chi connectivity index (χ0v) is 17.0. The first-order valence-corrected chi connectivity index (χ1v) is 9.63. The topological polar surface area (TPSA) is 87.6 Å². The molecule has 0 fully saturated rings. The van der Waals surface area contributed by atoms with E-state index in [4.69, 9.17) is 4.74 Å². The first-order chi connectivity index (χ1) is 14.0. The van der Waals surface area contributed by atoms with Gasteiger partial charge >= 0.3 is 0 Å². The van der Waals surface area contributed by atoms with Gasteiger partial charge in [0.05, 0.1) is 6.54 Å². The van der Waals surface area contributed by atoms with E-state index in [9.17, 15) is 9.18 Å². The van der Waals surface area contributed by atoms with Crippen molar-refractivity contribution < 1.29 is 13.9 Å². The Morgan fingerprint density at radius 2 is 1.97 bits per heavy atom. The fourth-order valence-corrected chi connectivity index (χ4v) is 2.39. The number of nitrogens with zero attached hydrogens (tertiary/aromatic N) is 2. The molecule has 0 saturated heterocycles. The number of guanidine groups is 1. The molecular formula is C21H28FN5O2. The second-order valence-corrected chi connectivity index (χ2v) is 6.55. The Hall–Kier alpha value is -3.16. The summed E-state index contributed by atoms with van der Waals surface area (Å²) in [4.78, 5) is 20.7. The highest BCUT2D eigenvalue weighted by Crippen LogP contribution is 2.13. The molecule has 1 heterocycles. The van der Waals surface area contributed by atoms with Crippen molar-refractivity contribution in [3.63, 3.8) is 0 Å². The summed E-state index contributed by atoms with van der Waals surface area (Å²) in [5.41, 5.74) is 1.04. The van der Waals surface area contributed by atoms with Crippen LogP contribution in [-0.2, 0) is 4.79 Å². The minimum absolute atomic E-state index is 0.127. The van der Waals surface area contributed by atoms with Gasteiger partial charge in [-0.2, -0.15) is 0 Å². The lowest BCUT2D eigenvalue weighted by atomic mass is 10.3. The van der Waals surface area contributed by atoms with Crippen LogP contribution in [0.4, 0.5) is 10.2 Å². The fraction of sp³-hybridized carbons (Fsp3) is 0.381. The summed E-state index contributed by atoms with van der Waals surface area (Å²) in [6, 6.07) is 9.55. The van der Waals surface area contributed by atoms with Crippen LogP contribution in [0.25, 0.3) is 0 Å². The van der Waals surface area contributed by atoms with Crippen LogP contribution in [0.3, 0.4) is 0 Å². The molecule has 8 heteroatoms. The molecule has 1 amide bonds. The lowest BCUT2D eigenvalue weighted by Gasteiger charge is -2.15. The van der Waals surface area contributed by atoms with Gasteiger partial charge in [0.1, 0.15) is 23.5 Å². The van der Waals surface area contributed by atoms with E-state index in [1.807, 2.05) is 26.8 Å². The van der Waals surface area contributed by atoms with Crippen LogP contribution in [0.15, 0.2) is 47.6 Å². The molecule has 2 aromatic rings. The highest BCUT2D eigenvalue weighted by molar-refractivity contribution is 5.90. The molecule has 0 spiro atoms. The quantitative estimate of drug-likeness (QED) is 0.444. The van der Waals surface area contributed by atoms with Gasteiger partial charge in [-0.1, -0.05) is 6.07 Å². The van der Waals surface area contributed by atoms with E-state index in [0.29, 0.717) is 37.2 Å². The Balaban J connectivity index is 1.76. The number of carbonyl (C=O) groups is 1. The number of anilines is 1. The van der Waals surface area contributed by atoms with Crippen LogP contribution in [0.1, 0.15) is 25.8 Å². The van der Waals surface area contributed by atoms with E-state index >= 15 is 0 Å². The summed E-state index contributed by atoms with van der Waals surface area (Å²) < 4.78 is 18.7. The zero-order chi connectivity index (χ0) is 21.1. The molecule has 156 valence electrons. The number of benzene rings is 1. The van der Waals surface area contributed by atoms with Gasteiger partial charge in [-0.15, -0.1) is 0 Å². The van der Waals surface area contributed by atoms with E-state index in [0.717, 1.165) is 5.56 Å². The van der Waals surface area contributed by atoms with Gasteiger partial charge in [-0.3, -0.25) is 4.79 Å². The maximum Gasteiger partial charge on any atom is 0.227 e. The van der Waals surface area contributed by atoms with Gasteiger partial charge in [0, 0.05) is 25.7 Å². The summed E-state index contributed by atoms with van der Waals surface area (Å²) >= 11 is 0.